The second-order valence-corrected chi connectivity index (χ2v) is 5.64. The summed E-state index contributed by atoms with van der Waals surface area (Å²) < 4.78 is 1.61. The van der Waals surface area contributed by atoms with Gasteiger partial charge in [-0.15, -0.1) is 0 Å². The molecule has 0 unspecified atom stereocenters. The number of aromatic nitrogens is 2. The van der Waals surface area contributed by atoms with E-state index in [1.807, 2.05) is 49.4 Å². The topological polar surface area (TPSA) is 59.5 Å². The minimum Gasteiger partial charge on any atom is -0.477 e. The third-order valence-corrected chi connectivity index (χ3v) is 4.27. The molecule has 0 aliphatic heterocycles. The maximum Gasteiger partial charge on any atom is 0.351 e. The first-order chi connectivity index (χ1) is 12.1. The summed E-state index contributed by atoms with van der Waals surface area (Å²) >= 11 is 0. The predicted molar refractivity (Wildman–Crippen MR) is 96.7 cm³/mol. The Hall–Kier alpha value is -3.39. The number of aromatic carboxylic acids is 1. The Morgan fingerprint density at radius 3 is 2.40 bits per heavy atom. The van der Waals surface area contributed by atoms with E-state index in [9.17, 15) is 9.90 Å². The van der Waals surface area contributed by atoms with E-state index < -0.39 is 5.97 Å². The summed E-state index contributed by atoms with van der Waals surface area (Å²) in [5.41, 5.74) is 4.28. The zero-order chi connectivity index (χ0) is 18.0. The van der Waals surface area contributed by atoms with Crippen LogP contribution in [0.5, 0.6) is 0 Å². The van der Waals surface area contributed by atoms with Gasteiger partial charge in [-0.3, -0.25) is 4.98 Å². The van der Waals surface area contributed by atoms with E-state index in [1.165, 1.54) is 0 Å². The molecule has 3 aromatic rings. The highest BCUT2D eigenvalue weighted by molar-refractivity contribution is 6.00. The van der Waals surface area contributed by atoms with Crippen molar-refractivity contribution in [2.45, 2.75) is 13.3 Å². The highest BCUT2D eigenvalue weighted by Crippen LogP contribution is 2.39. The fourth-order valence-electron chi connectivity index (χ4n) is 3.11. The summed E-state index contributed by atoms with van der Waals surface area (Å²) in [6, 6.07) is 13.2. The molecule has 0 bridgehead atoms. The van der Waals surface area contributed by atoms with E-state index >= 15 is 0 Å². The van der Waals surface area contributed by atoms with Gasteiger partial charge in [-0.1, -0.05) is 37.3 Å². The molecule has 1 N–H and O–H groups in total. The SMILES string of the molecule is [C-]#[N+]c1c(-c2ccc(-c3ccccn3)cc2)c(C(=O)O)n(C)c1CC. The lowest BCUT2D eigenvalue weighted by Crippen LogP contribution is -2.07. The molecule has 5 heteroatoms. The smallest absolute Gasteiger partial charge is 0.351 e. The van der Waals surface area contributed by atoms with Crippen LogP contribution in [0.4, 0.5) is 5.69 Å². The Kier molecular flexibility index (Phi) is 4.36. The van der Waals surface area contributed by atoms with Crippen LogP contribution in [0.25, 0.3) is 27.2 Å². The fraction of sp³-hybridized carbons (Fsp3) is 0.150. The van der Waals surface area contributed by atoms with Crippen LogP contribution in [0.1, 0.15) is 23.1 Å². The first-order valence-electron chi connectivity index (χ1n) is 7.92. The van der Waals surface area contributed by atoms with Crippen molar-refractivity contribution in [3.63, 3.8) is 0 Å². The third kappa shape index (κ3) is 2.79. The zero-order valence-electron chi connectivity index (χ0n) is 14.0. The molecule has 1 aromatic carbocycles. The van der Waals surface area contributed by atoms with Crippen molar-refractivity contribution < 1.29 is 9.90 Å². The lowest BCUT2D eigenvalue weighted by atomic mass is 10.0. The molecule has 0 aliphatic rings. The van der Waals surface area contributed by atoms with E-state index in [2.05, 4.69) is 9.83 Å². The number of carbonyl (C=O) groups is 1. The Bertz CT molecular complexity index is 965. The number of benzene rings is 1. The van der Waals surface area contributed by atoms with Crippen LogP contribution in [0, 0.1) is 6.57 Å². The van der Waals surface area contributed by atoms with Crippen molar-refractivity contribution in [3.05, 3.63) is 71.5 Å². The normalized spacial score (nSPS) is 10.4. The lowest BCUT2D eigenvalue weighted by molar-refractivity contribution is 0.0687. The molecule has 2 heterocycles. The second kappa shape index (κ2) is 6.62. The number of hydrogen-bond donors (Lipinski definition) is 1. The summed E-state index contributed by atoms with van der Waals surface area (Å²) in [6.45, 7) is 9.43. The maximum absolute atomic E-state index is 11.8. The lowest BCUT2D eigenvalue weighted by Gasteiger charge is -2.06. The van der Waals surface area contributed by atoms with E-state index in [-0.39, 0.29) is 5.69 Å². The average Bonchev–Trinajstić information content (AvgIpc) is 2.94. The van der Waals surface area contributed by atoms with Crippen LogP contribution >= 0.6 is 0 Å². The van der Waals surface area contributed by atoms with Gasteiger partial charge in [0.25, 0.3) is 0 Å². The van der Waals surface area contributed by atoms with Crippen LogP contribution in [-0.2, 0) is 13.5 Å². The molecule has 0 radical (unpaired) electrons. The molecule has 0 spiro atoms. The summed E-state index contributed by atoms with van der Waals surface area (Å²) in [7, 11) is 1.70. The van der Waals surface area contributed by atoms with E-state index in [0.29, 0.717) is 17.7 Å². The minimum atomic E-state index is -1.03. The summed E-state index contributed by atoms with van der Waals surface area (Å²) in [5.74, 6) is -1.03. The maximum atomic E-state index is 11.8. The molecular weight excluding hydrogens is 314 g/mol. The van der Waals surface area contributed by atoms with Gasteiger partial charge in [-0.2, -0.15) is 0 Å². The molecule has 0 amide bonds. The van der Waals surface area contributed by atoms with Gasteiger partial charge in [0, 0.05) is 30.1 Å². The molecular formula is C20H17N3O2. The van der Waals surface area contributed by atoms with Crippen molar-refractivity contribution in [3.8, 4) is 22.4 Å². The molecule has 0 saturated heterocycles. The molecule has 2 aromatic heterocycles. The Morgan fingerprint density at radius 1 is 1.20 bits per heavy atom. The van der Waals surface area contributed by atoms with Gasteiger partial charge in [0.2, 0.25) is 5.69 Å². The van der Waals surface area contributed by atoms with Crippen LogP contribution in [0.3, 0.4) is 0 Å². The number of hydrogen-bond acceptors (Lipinski definition) is 2. The van der Waals surface area contributed by atoms with Gasteiger partial charge in [-0.05, 0) is 24.1 Å². The number of pyridine rings is 1. The molecule has 0 fully saturated rings. The Labute approximate surface area is 146 Å². The van der Waals surface area contributed by atoms with Gasteiger partial charge in [0.15, 0.2) is 0 Å². The van der Waals surface area contributed by atoms with Gasteiger partial charge in [-0.25, -0.2) is 9.64 Å². The van der Waals surface area contributed by atoms with Crippen molar-refractivity contribution in [2.75, 3.05) is 0 Å². The number of nitrogens with zero attached hydrogens (tertiary/aromatic N) is 3. The van der Waals surface area contributed by atoms with Crippen molar-refractivity contribution in [1.29, 1.82) is 0 Å². The molecule has 124 valence electrons. The molecule has 0 aliphatic carbocycles. The molecule has 25 heavy (non-hydrogen) atoms. The molecule has 5 nitrogen and oxygen atoms in total. The highest BCUT2D eigenvalue weighted by atomic mass is 16.4. The van der Waals surface area contributed by atoms with Crippen LogP contribution in [0.2, 0.25) is 0 Å². The van der Waals surface area contributed by atoms with E-state index in [0.717, 1.165) is 22.5 Å². The fourth-order valence-corrected chi connectivity index (χ4v) is 3.11. The van der Waals surface area contributed by atoms with Gasteiger partial charge in [0.05, 0.1) is 12.3 Å². The number of carboxylic acids is 1. The zero-order valence-corrected chi connectivity index (χ0v) is 14.0. The molecule has 0 atom stereocenters. The number of carboxylic acid groups (broad SMARTS) is 1. The van der Waals surface area contributed by atoms with Crippen molar-refractivity contribution in [2.24, 2.45) is 7.05 Å². The standard InChI is InChI=1S/C20H17N3O2/c1-4-16-18(21-2)17(19(20(24)25)23(16)3)14-10-8-13(9-11-14)15-7-5-6-12-22-15/h5-12H,4H2,1,3H3,(H,24,25). The first-order valence-corrected chi connectivity index (χ1v) is 7.92. The molecule has 3 rings (SSSR count). The molecule has 0 saturated carbocycles. The monoisotopic (exact) mass is 331 g/mol. The summed E-state index contributed by atoms with van der Waals surface area (Å²) in [5, 5.41) is 9.64. The van der Waals surface area contributed by atoms with Gasteiger partial charge in [0.1, 0.15) is 5.69 Å². The van der Waals surface area contributed by atoms with Gasteiger partial charge < -0.3 is 9.67 Å². The van der Waals surface area contributed by atoms with E-state index in [4.69, 9.17) is 6.57 Å². The van der Waals surface area contributed by atoms with Gasteiger partial charge >= 0.3 is 5.97 Å². The van der Waals surface area contributed by atoms with Crippen LogP contribution < -0.4 is 0 Å². The largest absolute Gasteiger partial charge is 0.477 e. The minimum absolute atomic E-state index is 0.147. The van der Waals surface area contributed by atoms with Crippen molar-refractivity contribution in [1.82, 2.24) is 9.55 Å². The first kappa shape index (κ1) is 16.5. The Morgan fingerprint density at radius 2 is 1.88 bits per heavy atom. The second-order valence-electron chi connectivity index (χ2n) is 5.64. The predicted octanol–water partition coefficient (Wildman–Crippen LogP) is 4.57. The third-order valence-electron chi connectivity index (χ3n) is 4.27. The van der Waals surface area contributed by atoms with E-state index in [1.54, 1.807) is 17.8 Å². The van der Waals surface area contributed by atoms with Crippen LogP contribution in [0.15, 0.2) is 48.7 Å². The van der Waals surface area contributed by atoms with Crippen LogP contribution in [-0.4, -0.2) is 20.6 Å². The highest BCUT2D eigenvalue weighted by Gasteiger charge is 2.25. The number of rotatable bonds is 4. The summed E-state index contributed by atoms with van der Waals surface area (Å²) in [6.07, 6.45) is 2.33. The van der Waals surface area contributed by atoms with Crippen molar-refractivity contribution >= 4 is 11.7 Å². The average molecular weight is 331 g/mol. The Balaban J connectivity index is 2.17. The quantitative estimate of drug-likeness (QED) is 0.713. The summed E-state index contributed by atoms with van der Waals surface area (Å²) in [4.78, 5) is 19.7.